The van der Waals surface area contributed by atoms with Crippen LogP contribution in [0.2, 0.25) is 0 Å². The first kappa shape index (κ1) is 19.7. The molecule has 1 aliphatic heterocycles. The van der Waals surface area contributed by atoms with Gasteiger partial charge in [0.25, 0.3) is 0 Å². The predicted octanol–water partition coefficient (Wildman–Crippen LogP) is 1.71. The molecule has 0 bridgehead atoms. The molecule has 138 valence electrons. The van der Waals surface area contributed by atoms with Crippen molar-refractivity contribution in [3.8, 4) is 0 Å². The van der Waals surface area contributed by atoms with Crippen LogP contribution >= 0.6 is 11.8 Å². The van der Waals surface area contributed by atoms with Gasteiger partial charge in [-0.3, -0.25) is 9.59 Å². The van der Waals surface area contributed by atoms with Gasteiger partial charge in [0, 0.05) is 18.8 Å². The molecule has 0 atom stereocenters. The van der Waals surface area contributed by atoms with Gasteiger partial charge in [-0.15, -0.1) is 11.8 Å². The van der Waals surface area contributed by atoms with Gasteiger partial charge in [-0.25, -0.2) is 8.42 Å². The van der Waals surface area contributed by atoms with E-state index in [4.69, 9.17) is 4.74 Å². The lowest BCUT2D eigenvalue weighted by molar-refractivity contribution is -0.139. The highest BCUT2D eigenvalue weighted by molar-refractivity contribution is 8.00. The van der Waals surface area contributed by atoms with Gasteiger partial charge < -0.3 is 10.1 Å². The number of nitrogens with one attached hydrogen (secondary N) is 1. The summed E-state index contributed by atoms with van der Waals surface area (Å²) in [6.45, 7) is 3.15. The molecule has 1 aliphatic rings. The third kappa shape index (κ3) is 5.72. The monoisotopic (exact) mass is 386 g/mol. The molecule has 2 rings (SSSR count). The van der Waals surface area contributed by atoms with Gasteiger partial charge >= 0.3 is 5.97 Å². The Morgan fingerprint density at radius 1 is 1.16 bits per heavy atom. The van der Waals surface area contributed by atoms with Gasteiger partial charge in [-0.2, -0.15) is 4.31 Å². The van der Waals surface area contributed by atoms with E-state index in [1.54, 1.807) is 19.1 Å². The molecule has 9 heteroatoms. The summed E-state index contributed by atoms with van der Waals surface area (Å²) in [6.07, 6.45) is 1.77. The van der Waals surface area contributed by atoms with Crippen molar-refractivity contribution >= 4 is 39.3 Å². The summed E-state index contributed by atoms with van der Waals surface area (Å²) >= 11 is 1.16. The van der Waals surface area contributed by atoms with E-state index in [1.165, 1.54) is 16.4 Å². The van der Waals surface area contributed by atoms with E-state index in [0.29, 0.717) is 25.4 Å². The minimum absolute atomic E-state index is 0.118. The standard InChI is InChI=1S/C16H22N2O5S2/c1-2-23-16(20)12-24-11-15(19)17-13-5-7-14(8-6-13)25(21,22)18-9-3-4-10-18/h5-8H,2-4,9-12H2,1H3,(H,17,19). The van der Waals surface area contributed by atoms with Crippen LogP contribution in [0.3, 0.4) is 0 Å². The average molecular weight is 386 g/mol. The molecule has 7 nitrogen and oxygen atoms in total. The number of esters is 1. The van der Waals surface area contributed by atoms with Crippen molar-refractivity contribution in [2.24, 2.45) is 0 Å². The number of rotatable bonds is 8. The molecule has 1 saturated heterocycles. The van der Waals surface area contributed by atoms with Crippen molar-refractivity contribution in [3.63, 3.8) is 0 Å². The fourth-order valence-corrected chi connectivity index (χ4v) is 4.54. The fraction of sp³-hybridized carbons (Fsp3) is 0.500. The molecule has 0 radical (unpaired) electrons. The summed E-state index contributed by atoms with van der Waals surface area (Å²) in [4.78, 5) is 23.2. The Hall–Kier alpha value is -1.58. The highest BCUT2D eigenvalue weighted by Crippen LogP contribution is 2.22. The Bertz CT molecular complexity index is 698. The summed E-state index contributed by atoms with van der Waals surface area (Å²) in [5.74, 6) is -0.373. The van der Waals surface area contributed by atoms with Crippen LogP contribution < -0.4 is 5.32 Å². The highest BCUT2D eigenvalue weighted by Gasteiger charge is 2.26. The SMILES string of the molecule is CCOC(=O)CSCC(=O)Nc1ccc(S(=O)(=O)N2CCCC2)cc1. The molecule has 0 aliphatic carbocycles. The number of thioether (sulfide) groups is 1. The van der Waals surface area contributed by atoms with Crippen LogP contribution in [-0.4, -0.2) is 55.8 Å². The molecule has 0 saturated carbocycles. The van der Waals surface area contributed by atoms with Crippen molar-refractivity contribution in [3.05, 3.63) is 24.3 Å². The Morgan fingerprint density at radius 3 is 2.40 bits per heavy atom. The molecule has 25 heavy (non-hydrogen) atoms. The van der Waals surface area contributed by atoms with Gasteiger partial charge in [0.05, 0.1) is 23.0 Å². The van der Waals surface area contributed by atoms with Crippen LogP contribution in [0.25, 0.3) is 0 Å². The first-order valence-corrected chi connectivity index (χ1v) is 10.7. The number of ether oxygens (including phenoxy) is 1. The first-order valence-electron chi connectivity index (χ1n) is 8.07. The van der Waals surface area contributed by atoms with Crippen molar-refractivity contribution in [1.29, 1.82) is 0 Å². The van der Waals surface area contributed by atoms with Crippen molar-refractivity contribution in [2.45, 2.75) is 24.7 Å². The molecule has 0 spiro atoms. The summed E-state index contributed by atoms with van der Waals surface area (Å²) in [7, 11) is -3.45. The maximum absolute atomic E-state index is 12.4. The second kappa shape index (κ2) is 9.21. The van der Waals surface area contributed by atoms with Gasteiger partial charge in [0.15, 0.2) is 0 Å². The van der Waals surface area contributed by atoms with E-state index < -0.39 is 10.0 Å². The molecule has 1 amide bonds. The van der Waals surface area contributed by atoms with Crippen LogP contribution in [-0.2, 0) is 24.3 Å². The summed E-state index contributed by atoms with van der Waals surface area (Å²) < 4.78 is 31.1. The Kier molecular flexibility index (Phi) is 7.27. The van der Waals surface area contributed by atoms with Gasteiger partial charge in [-0.1, -0.05) is 0 Å². The Labute approximate surface area is 152 Å². The molecule has 1 aromatic carbocycles. The molecular weight excluding hydrogens is 364 g/mol. The molecule has 1 heterocycles. The highest BCUT2D eigenvalue weighted by atomic mass is 32.2. The maximum atomic E-state index is 12.4. The third-order valence-electron chi connectivity index (χ3n) is 3.60. The molecule has 1 N–H and O–H groups in total. The number of hydrogen-bond acceptors (Lipinski definition) is 6. The zero-order valence-electron chi connectivity index (χ0n) is 14.1. The number of sulfonamides is 1. The van der Waals surface area contributed by atoms with Gasteiger partial charge in [-0.05, 0) is 44.0 Å². The van der Waals surface area contributed by atoms with Gasteiger partial charge in [0.1, 0.15) is 0 Å². The zero-order valence-corrected chi connectivity index (χ0v) is 15.7. The lowest BCUT2D eigenvalue weighted by atomic mass is 10.3. The van der Waals surface area contributed by atoms with Crippen molar-refractivity contribution < 1.29 is 22.7 Å². The van der Waals surface area contributed by atoms with Crippen molar-refractivity contribution in [2.75, 3.05) is 36.5 Å². The molecule has 1 aromatic rings. The minimum atomic E-state index is -3.45. The van der Waals surface area contributed by atoms with Gasteiger partial charge in [0.2, 0.25) is 15.9 Å². The Balaban J connectivity index is 1.85. The van der Waals surface area contributed by atoms with Crippen LogP contribution in [0.15, 0.2) is 29.2 Å². The van der Waals surface area contributed by atoms with Crippen LogP contribution in [0.1, 0.15) is 19.8 Å². The van der Waals surface area contributed by atoms with E-state index in [0.717, 1.165) is 24.6 Å². The number of anilines is 1. The van der Waals surface area contributed by atoms with E-state index in [9.17, 15) is 18.0 Å². The van der Waals surface area contributed by atoms with Crippen LogP contribution in [0.5, 0.6) is 0 Å². The quantitative estimate of drug-likeness (QED) is 0.684. The zero-order chi connectivity index (χ0) is 18.3. The topological polar surface area (TPSA) is 92.8 Å². The molecule has 1 fully saturated rings. The normalized spacial score (nSPS) is 15.1. The third-order valence-corrected chi connectivity index (χ3v) is 6.42. The summed E-state index contributed by atoms with van der Waals surface area (Å²) in [5.41, 5.74) is 0.516. The number of carbonyl (C=O) groups is 2. The van der Waals surface area contributed by atoms with E-state index >= 15 is 0 Å². The summed E-state index contributed by atoms with van der Waals surface area (Å²) in [5, 5.41) is 2.68. The lowest BCUT2D eigenvalue weighted by Gasteiger charge is -2.15. The van der Waals surface area contributed by atoms with E-state index in [2.05, 4.69) is 5.32 Å². The van der Waals surface area contributed by atoms with Crippen molar-refractivity contribution in [1.82, 2.24) is 4.31 Å². The smallest absolute Gasteiger partial charge is 0.315 e. The maximum Gasteiger partial charge on any atom is 0.315 e. The van der Waals surface area contributed by atoms with Crippen LogP contribution in [0, 0.1) is 0 Å². The van der Waals surface area contributed by atoms with Crippen LogP contribution in [0.4, 0.5) is 5.69 Å². The van der Waals surface area contributed by atoms with E-state index in [-0.39, 0.29) is 28.3 Å². The molecule has 0 unspecified atom stereocenters. The number of benzene rings is 1. The number of nitrogens with zero attached hydrogens (tertiary/aromatic N) is 1. The number of hydrogen-bond donors (Lipinski definition) is 1. The first-order chi connectivity index (χ1) is 11.9. The lowest BCUT2D eigenvalue weighted by Crippen LogP contribution is -2.27. The second-order valence-corrected chi connectivity index (χ2v) is 8.41. The summed E-state index contributed by atoms with van der Waals surface area (Å²) in [6, 6.07) is 6.12. The predicted molar refractivity (Wildman–Crippen MR) is 97.0 cm³/mol. The largest absolute Gasteiger partial charge is 0.465 e. The minimum Gasteiger partial charge on any atom is -0.465 e. The Morgan fingerprint density at radius 2 is 1.80 bits per heavy atom. The second-order valence-electron chi connectivity index (χ2n) is 5.48. The van der Waals surface area contributed by atoms with E-state index in [1.807, 2.05) is 0 Å². The number of carbonyl (C=O) groups excluding carboxylic acids is 2. The molecular formula is C16H22N2O5S2. The molecule has 0 aromatic heterocycles. The number of amides is 1. The average Bonchev–Trinajstić information content (AvgIpc) is 3.11. The fourth-order valence-electron chi connectivity index (χ4n) is 2.41.